The van der Waals surface area contributed by atoms with Crippen molar-refractivity contribution < 1.29 is 4.74 Å². The zero-order chi connectivity index (χ0) is 13.4. The zero-order valence-corrected chi connectivity index (χ0v) is 11.6. The summed E-state index contributed by atoms with van der Waals surface area (Å²) in [6, 6.07) is 6.64. The molecule has 0 saturated heterocycles. The minimum absolute atomic E-state index is 0.202. The maximum Gasteiger partial charge on any atom is 0.254 e. The van der Waals surface area contributed by atoms with Crippen LogP contribution in [0.2, 0.25) is 0 Å². The summed E-state index contributed by atoms with van der Waals surface area (Å²) >= 11 is 3.35. The van der Waals surface area contributed by atoms with Crippen molar-refractivity contribution in [1.29, 1.82) is 0 Å². The summed E-state index contributed by atoms with van der Waals surface area (Å²) in [5, 5.41) is 0. The minimum atomic E-state index is -0.202. The fraction of sp³-hybridized carbons (Fsp3) is 0.231. The van der Waals surface area contributed by atoms with Crippen LogP contribution in [0.1, 0.15) is 24.6 Å². The van der Waals surface area contributed by atoms with Gasteiger partial charge in [0.25, 0.3) is 5.56 Å². The lowest BCUT2D eigenvalue weighted by molar-refractivity contribution is 0.455. The van der Waals surface area contributed by atoms with Crippen LogP contribution in [0.15, 0.2) is 33.5 Å². The predicted molar refractivity (Wildman–Crippen MR) is 75.5 cm³/mol. The largest absolute Gasteiger partial charge is 0.437 e. The molecule has 0 atom stereocenters. The molecule has 0 unspecified atom stereocenters. The summed E-state index contributed by atoms with van der Waals surface area (Å²) in [4.78, 5) is 18.6. The number of aromatic amines is 1. The third-order valence-electron chi connectivity index (χ3n) is 2.91. The van der Waals surface area contributed by atoms with Crippen LogP contribution in [-0.2, 0) is 0 Å². The van der Waals surface area contributed by atoms with Gasteiger partial charge in [0.15, 0.2) is 0 Å². The van der Waals surface area contributed by atoms with Gasteiger partial charge in [0, 0.05) is 11.6 Å². The van der Waals surface area contributed by atoms with E-state index in [0.29, 0.717) is 27.7 Å². The van der Waals surface area contributed by atoms with Crippen molar-refractivity contribution in [3.05, 3.63) is 44.9 Å². The first-order valence-corrected chi connectivity index (χ1v) is 6.76. The Bertz CT molecular complexity index is 680. The SMILES string of the molecule is Nc1cccc(Oc2cc(=O)[nH]c(C3CC3)n2)c1Br. The van der Waals surface area contributed by atoms with Gasteiger partial charge in [-0.2, -0.15) is 4.98 Å². The van der Waals surface area contributed by atoms with Gasteiger partial charge in [-0.25, -0.2) is 0 Å². The maximum absolute atomic E-state index is 11.6. The topological polar surface area (TPSA) is 81.0 Å². The van der Waals surface area contributed by atoms with Crippen molar-refractivity contribution in [2.45, 2.75) is 18.8 Å². The molecule has 0 radical (unpaired) electrons. The number of hydrogen-bond acceptors (Lipinski definition) is 4. The number of nitrogens with one attached hydrogen (secondary N) is 1. The van der Waals surface area contributed by atoms with Crippen molar-refractivity contribution in [2.24, 2.45) is 0 Å². The molecule has 1 saturated carbocycles. The van der Waals surface area contributed by atoms with Gasteiger partial charge in [0.1, 0.15) is 11.6 Å². The van der Waals surface area contributed by atoms with E-state index >= 15 is 0 Å². The van der Waals surface area contributed by atoms with E-state index in [1.807, 2.05) is 0 Å². The summed E-state index contributed by atoms with van der Waals surface area (Å²) in [7, 11) is 0. The molecule has 5 nitrogen and oxygen atoms in total. The average Bonchev–Trinajstić information content (AvgIpc) is 3.18. The standard InChI is InChI=1S/C13H12BrN3O2/c14-12-8(15)2-1-3-9(12)19-11-6-10(18)16-13(17-11)7-4-5-7/h1-3,6-7H,4-5,15H2,(H,16,17,18). The van der Waals surface area contributed by atoms with E-state index in [9.17, 15) is 4.79 Å². The second-order valence-corrected chi connectivity index (χ2v) is 5.30. The molecule has 98 valence electrons. The van der Waals surface area contributed by atoms with Crippen LogP contribution in [0.25, 0.3) is 0 Å². The van der Waals surface area contributed by atoms with Gasteiger partial charge in [0.05, 0.1) is 10.5 Å². The quantitative estimate of drug-likeness (QED) is 0.852. The summed E-state index contributed by atoms with van der Waals surface area (Å²) in [5.74, 6) is 1.89. The van der Waals surface area contributed by atoms with Crippen LogP contribution in [-0.4, -0.2) is 9.97 Å². The molecule has 1 aliphatic carbocycles. The number of nitrogens with zero attached hydrogens (tertiary/aromatic N) is 1. The van der Waals surface area contributed by atoms with Gasteiger partial charge in [-0.1, -0.05) is 6.07 Å². The van der Waals surface area contributed by atoms with Gasteiger partial charge in [-0.05, 0) is 40.9 Å². The highest BCUT2D eigenvalue weighted by molar-refractivity contribution is 9.10. The van der Waals surface area contributed by atoms with E-state index in [4.69, 9.17) is 10.5 Å². The fourth-order valence-corrected chi connectivity index (χ4v) is 2.12. The van der Waals surface area contributed by atoms with Gasteiger partial charge >= 0.3 is 0 Å². The molecule has 1 fully saturated rings. The predicted octanol–water partition coefficient (Wildman–Crippen LogP) is 2.78. The zero-order valence-electron chi connectivity index (χ0n) is 10.0. The second-order valence-electron chi connectivity index (χ2n) is 4.50. The Labute approximate surface area is 117 Å². The van der Waals surface area contributed by atoms with E-state index < -0.39 is 0 Å². The van der Waals surface area contributed by atoms with E-state index in [0.717, 1.165) is 12.8 Å². The number of rotatable bonds is 3. The minimum Gasteiger partial charge on any atom is -0.437 e. The molecular formula is C13H12BrN3O2. The fourth-order valence-electron chi connectivity index (χ4n) is 1.78. The van der Waals surface area contributed by atoms with Crippen molar-refractivity contribution in [1.82, 2.24) is 9.97 Å². The Balaban J connectivity index is 1.94. The van der Waals surface area contributed by atoms with Gasteiger partial charge in [0.2, 0.25) is 5.88 Å². The Kier molecular flexibility index (Phi) is 3.02. The molecule has 0 spiro atoms. The number of anilines is 1. The number of H-pyrrole nitrogens is 1. The smallest absolute Gasteiger partial charge is 0.254 e. The number of ether oxygens (including phenoxy) is 1. The van der Waals surface area contributed by atoms with Crippen molar-refractivity contribution in [3.63, 3.8) is 0 Å². The summed E-state index contributed by atoms with van der Waals surface area (Å²) in [6.07, 6.45) is 2.13. The third-order valence-corrected chi connectivity index (χ3v) is 3.76. The van der Waals surface area contributed by atoms with Crippen LogP contribution in [0, 0.1) is 0 Å². The van der Waals surface area contributed by atoms with Crippen LogP contribution in [0.5, 0.6) is 11.6 Å². The number of nitrogens with two attached hydrogens (primary N) is 1. The first kappa shape index (κ1) is 12.2. The number of halogens is 1. The Morgan fingerprint density at radius 3 is 2.95 bits per heavy atom. The number of nitrogen functional groups attached to an aromatic ring is 1. The second kappa shape index (κ2) is 4.70. The van der Waals surface area contributed by atoms with Crippen LogP contribution in [0.3, 0.4) is 0 Å². The molecular weight excluding hydrogens is 310 g/mol. The highest BCUT2D eigenvalue weighted by atomic mass is 79.9. The molecule has 19 heavy (non-hydrogen) atoms. The van der Waals surface area contributed by atoms with Gasteiger partial charge in [-0.3, -0.25) is 4.79 Å². The molecule has 0 bridgehead atoms. The van der Waals surface area contributed by atoms with Gasteiger partial charge in [-0.15, -0.1) is 0 Å². The molecule has 3 N–H and O–H groups in total. The van der Waals surface area contributed by atoms with E-state index in [1.54, 1.807) is 18.2 Å². The van der Waals surface area contributed by atoms with Crippen LogP contribution in [0.4, 0.5) is 5.69 Å². The Morgan fingerprint density at radius 1 is 1.42 bits per heavy atom. The molecule has 2 aromatic rings. The first-order valence-electron chi connectivity index (χ1n) is 5.96. The molecule has 0 aliphatic heterocycles. The molecule has 0 amide bonds. The molecule has 1 aromatic heterocycles. The van der Waals surface area contributed by atoms with Crippen LogP contribution < -0.4 is 16.0 Å². The highest BCUT2D eigenvalue weighted by Gasteiger charge is 2.26. The highest BCUT2D eigenvalue weighted by Crippen LogP contribution is 2.38. The van der Waals surface area contributed by atoms with E-state index in [2.05, 4.69) is 25.9 Å². The van der Waals surface area contributed by atoms with E-state index in [-0.39, 0.29) is 11.4 Å². The van der Waals surface area contributed by atoms with Gasteiger partial charge < -0.3 is 15.5 Å². The Morgan fingerprint density at radius 2 is 2.21 bits per heavy atom. The third kappa shape index (κ3) is 2.63. The molecule has 3 rings (SSSR count). The van der Waals surface area contributed by atoms with Crippen molar-refractivity contribution >= 4 is 21.6 Å². The maximum atomic E-state index is 11.6. The van der Waals surface area contributed by atoms with Crippen molar-refractivity contribution in [2.75, 3.05) is 5.73 Å². The first-order chi connectivity index (χ1) is 9.13. The molecule has 1 aromatic carbocycles. The molecule has 1 aliphatic rings. The average molecular weight is 322 g/mol. The monoisotopic (exact) mass is 321 g/mol. The van der Waals surface area contributed by atoms with E-state index in [1.165, 1.54) is 6.07 Å². The lowest BCUT2D eigenvalue weighted by Gasteiger charge is -2.09. The summed E-state index contributed by atoms with van der Waals surface area (Å²) in [5.41, 5.74) is 6.15. The normalized spacial score (nSPS) is 14.4. The summed E-state index contributed by atoms with van der Waals surface area (Å²) < 4.78 is 6.29. The lowest BCUT2D eigenvalue weighted by Crippen LogP contribution is -2.10. The molecule has 1 heterocycles. The summed E-state index contributed by atoms with van der Waals surface area (Å²) in [6.45, 7) is 0. The van der Waals surface area contributed by atoms with Crippen molar-refractivity contribution in [3.8, 4) is 11.6 Å². The number of benzene rings is 1. The van der Waals surface area contributed by atoms with Crippen LogP contribution >= 0.6 is 15.9 Å². The lowest BCUT2D eigenvalue weighted by atomic mass is 10.3. The molecule has 6 heteroatoms. The number of hydrogen-bond donors (Lipinski definition) is 2. The Hall–Kier alpha value is -1.82. The number of aromatic nitrogens is 2.